The van der Waals surface area contributed by atoms with Gasteiger partial charge >= 0.3 is 5.97 Å². The SMILES string of the molecule is C=CCn1c(CC23CC4CC(CC(C4)C2)C3)nnc1SCC(=O)Nc1sc(C)c(C)c1C(=O)OC. The van der Waals surface area contributed by atoms with E-state index in [0.717, 1.165) is 45.6 Å². The summed E-state index contributed by atoms with van der Waals surface area (Å²) in [6.07, 6.45) is 11.1. The summed E-state index contributed by atoms with van der Waals surface area (Å²) in [6, 6.07) is 0. The van der Waals surface area contributed by atoms with E-state index in [1.165, 1.54) is 68.7 Å². The zero-order valence-electron chi connectivity index (χ0n) is 20.8. The topological polar surface area (TPSA) is 86.1 Å². The fraction of sp³-hybridized carbons (Fsp3) is 0.615. The van der Waals surface area contributed by atoms with Crippen molar-refractivity contribution >= 4 is 40.0 Å². The van der Waals surface area contributed by atoms with Crippen LogP contribution in [0.2, 0.25) is 0 Å². The van der Waals surface area contributed by atoms with Gasteiger partial charge in [0.1, 0.15) is 10.8 Å². The largest absolute Gasteiger partial charge is 0.465 e. The molecule has 35 heavy (non-hydrogen) atoms. The zero-order chi connectivity index (χ0) is 24.7. The van der Waals surface area contributed by atoms with Crippen LogP contribution in [0.1, 0.15) is 65.1 Å². The predicted octanol–water partition coefficient (Wildman–Crippen LogP) is 5.42. The smallest absolute Gasteiger partial charge is 0.341 e. The first kappa shape index (κ1) is 24.6. The van der Waals surface area contributed by atoms with Crippen molar-refractivity contribution < 1.29 is 14.3 Å². The van der Waals surface area contributed by atoms with Gasteiger partial charge < -0.3 is 14.6 Å². The monoisotopic (exact) mass is 514 g/mol. The molecule has 9 heteroatoms. The molecule has 2 aromatic rings. The first-order valence-electron chi connectivity index (χ1n) is 12.4. The summed E-state index contributed by atoms with van der Waals surface area (Å²) in [4.78, 5) is 26.0. The summed E-state index contributed by atoms with van der Waals surface area (Å²) in [6.45, 7) is 8.36. The molecule has 2 aromatic heterocycles. The molecule has 0 radical (unpaired) electrons. The average Bonchev–Trinajstić information content (AvgIpc) is 3.30. The summed E-state index contributed by atoms with van der Waals surface area (Å²) in [5.41, 5.74) is 1.64. The molecule has 0 unspecified atom stereocenters. The molecule has 0 spiro atoms. The number of hydrogen-bond donors (Lipinski definition) is 1. The van der Waals surface area contributed by atoms with E-state index in [9.17, 15) is 9.59 Å². The number of nitrogens with zero attached hydrogens (tertiary/aromatic N) is 3. The van der Waals surface area contributed by atoms with Gasteiger partial charge in [0, 0.05) is 17.8 Å². The fourth-order valence-corrected chi connectivity index (χ4v) is 8.90. The minimum absolute atomic E-state index is 0.183. The lowest BCUT2D eigenvalue weighted by molar-refractivity contribution is -0.113. The van der Waals surface area contributed by atoms with Crippen LogP contribution in [0.4, 0.5) is 5.00 Å². The summed E-state index contributed by atoms with van der Waals surface area (Å²) in [7, 11) is 1.35. The van der Waals surface area contributed by atoms with Crippen molar-refractivity contribution in [3.05, 3.63) is 34.5 Å². The third-order valence-corrected chi connectivity index (χ3v) is 10.3. The van der Waals surface area contributed by atoms with E-state index < -0.39 is 5.97 Å². The van der Waals surface area contributed by atoms with Crippen molar-refractivity contribution in [3.8, 4) is 0 Å². The van der Waals surface area contributed by atoms with Crippen molar-refractivity contribution in [1.82, 2.24) is 14.8 Å². The first-order valence-corrected chi connectivity index (χ1v) is 14.2. The molecular formula is C26H34N4O3S2. The van der Waals surface area contributed by atoms with Crippen molar-refractivity contribution in [2.45, 2.75) is 70.5 Å². The summed E-state index contributed by atoms with van der Waals surface area (Å²) < 4.78 is 7.04. The number of hydrogen-bond acceptors (Lipinski definition) is 7. The molecule has 0 aliphatic heterocycles. The Bertz CT molecular complexity index is 1120. The van der Waals surface area contributed by atoms with Gasteiger partial charge in [0.15, 0.2) is 5.16 Å². The van der Waals surface area contributed by atoms with Crippen LogP contribution in [0.5, 0.6) is 0 Å². The van der Waals surface area contributed by atoms with E-state index in [4.69, 9.17) is 4.74 Å². The Morgan fingerprint density at radius 1 is 1.20 bits per heavy atom. The van der Waals surface area contributed by atoms with E-state index in [-0.39, 0.29) is 11.7 Å². The number of thiophene rings is 1. The number of rotatable bonds is 9. The molecule has 2 heterocycles. The molecule has 0 aromatic carbocycles. The minimum Gasteiger partial charge on any atom is -0.465 e. The average molecular weight is 515 g/mol. The lowest BCUT2D eigenvalue weighted by atomic mass is 9.49. The molecule has 188 valence electrons. The number of anilines is 1. The van der Waals surface area contributed by atoms with Crippen molar-refractivity contribution in [1.29, 1.82) is 0 Å². The number of nitrogens with one attached hydrogen (secondary N) is 1. The van der Waals surface area contributed by atoms with Gasteiger partial charge in [-0.3, -0.25) is 4.79 Å². The van der Waals surface area contributed by atoms with Crippen LogP contribution >= 0.6 is 23.1 Å². The Hall–Kier alpha value is -2.13. The van der Waals surface area contributed by atoms with Gasteiger partial charge in [-0.25, -0.2) is 4.79 Å². The molecule has 1 N–H and O–H groups in total. The summed E-state index contributed by atoms with van der Waals surface area (Å²) in [5.74, 6) is 3.28. The lowest BCUT2D eigenvalue weighted by Gasteiger charge is -2.56. The molecule has 6 rings (SSSR count). The zero-order valence-corrected chi connectivity index (χ0v) is 22.4. The maximum absolute atomic E-state index is 12.8. The van der Waals surface area contributed by atoms with Gasteiger partial charge in [-0.05, 0) is 81.1 Å². The van der Waals surface area contributed by atoms with E-state index >= 15 is 0 Å². The lowest BCUT2D eigenvalue weighted by Crippen LogP contribution is -2.47. The Balaban J connectivity index is 1.27. The van der Waals surface area contributed by atoms with Crippen LogP contribution in [0.3, 0.4) is 0 Å². The maximum Gasteiger partial charge on any atom is 0.341 e. The molecule has 4 aliphatic rings. The molecule has 0 atom stereocenters. The van der Waals surface area contributed by atoms with Crippen molar-refractivity contribution in [2.75, 3.05) is 18.2 Å². The second kappa shape index (κ2) is 9.73. The van der Waals surface area contributed by atoms with Crippen LogP contribution in [-0.2, 0) is 22.5 Å². The Morgan fingerprint density at radius 2 is 1.86 bits per heavy atom. The van der Waals surface area contributed by atoms with Crippen LogP contribution in [0, 0.1) is 37.0 Å². The number of allylic oxidation sites excluding steroid dienone is 1. The van der Waals surface area contributed by atoms with Crippen LogP contribution < -0.4 is 5.32 Å². The molecule has 4 bridgehead atoms. The second-order valence-corrected chi connectivity index (χ2v) is 12.9. The highest BCUT2D eigenvalue weighted by Crippen LogP contribution is 2.61. The minimum atomic E-state index is -0.435. The van der Waals surface area contributed by atoms with Crippen LogP contribution in [0.15, 0.2) is 17.8 Å². The number of carbonyl (C=O) groups is 2. The van der Waals surface area contributed by atoms with E-state index in [0.29, 0.717) is 22.5 Å². The molecule has 1 amide bonds. The van der Waals surface area contributed by atoms with Gasteiger partial charge in [0.25, 0.3) is 0 Å². The number of carbonyl (C=O) groups excluding carboxylic acids is 2. The van der Waals surface area contributed by atoms with Crippen molar-refractivity contribution in [3.63, 3.8) is 0 Å². The Labute approximate surface area is 215 Å². The quantitative estimate of drug-likeness (QED) is 0.273. The number of aromatic nitrogens is 3. The third kappa shape index (κ3) is 4.81. The fourth-order valence-electron chi connectivity index (χ4n) is 7.07. The second-order valence-electron chi connectivity index (χ2n) is 10.7. The normalized spacial score (nSPS) is 26.7. The molecule has 4 saturated carbocycles. The predicted molar refractivity (Wildman–Crippen MR) is 139 cm³/mol. The molecular weight excluding hydrogens is 480 g/mol. The first-order chi connectivity index (χ1) is 16.8. The molecule has 7 nitrogen and oxygen atoms in total. The van der Waals surface area contributed by atoms with Gasteiger partial charge in [-0.1, -0.05) is 17.8 Å². The number of esters is 1. The number of methoxy groups -OCH3 is 1. The molecule has 4 fully saturated rings. The highest BCUT2D eigenvalue weighted by molar-refractivity contribution is 7.99. The van der Waals surface area contributed by atoms with Gasteiger partial charge in [0.05, 0.1) is 18.4 Å². The molecule has 4 aliphatic carbocycles. The van der Waals surface area contributed by atoms with Gasteiger partial charge in [-0.2, -0.15) is 0 Å². The third-order valence-electron chi connectivity index (χ3n) is 8.16. The van der Waals surface area contributed by atoms with Crippen LogP contribution in [-0.4, -0.2) is 39.5 Å². The number of aryl methyl sites for hydroxylation is 1. The Morgan fingerprint density at radius 3 is 2.46 bits per heavy atom. The Kier molecular flexibility index (Phi) is 6.83. The maximum atomic E-state index is 12.8. The number of amides is 1. The van der Waals surface area contributed by atoms with E-state index in [1.54, 1.807) is 0 Å². The summed E-state index contributed by atoms with van der Waals surface area (Å²) >= 11 is 2.77. The number of ether oxygens (including phenoxy) is 1. The van der Waals surface area contributed by atoms with Gasteiger partial charge in [0.2, 0.25) is 5.91 Å². The van der Waals surface area contributed by atoms with Gasteiger partial charge in [-0.15, -0.1) is 28.1 Å². The van der Waals surface area contributed by atoms with Crippen molar-refractivity contribution in [2.24, 2.45) is 23.2 Å². The molecule has 0 saturated heterocycles. The van der Waals surface area contributed by atoms with E-state index in [1.807, 2.05) is 19.9 Å². The van der Waals surface area contributed by atoms with Crippen LogP contribution in [0.25, 0.3) is 0 Å². The van der Waals surface area contributed by atoms with E-state index in [2.05, 4.69) is 26.7 Å². The number of thioether (sulfide) groups is 1. The highest BCUT2D eigenvalue weighted by atomic mass is 32.2. The summed E-state index contributed by atoms with van der Waals surface area (Å²) in [5, 5.41) is 13.2. The highest BCUT2D eigenvalue weighted by Gasteiger charge is 2.51. The standard InChI is InChI=1S/C26H34N4O3S2/c1-5-6-30-20(13-26-10-17-7-18(11-26)9-19(8-17)12-26)28-29-25(30)34-14-21(31)27-23-22(24(32)33-4)15(2)16(3)35-23/h5,17-19H,1,6-14H2,2-4H3,(H,27,31).